The van der Waals surface area contributed by atoms with Gasteiger partial charge in [-0.15, -0.1) is 24.0 Å². The zero-order valence-electron chi connectivity index (χ0n) is 17.4. The first kappa shape index (κ1) is 24.1. The molecule has 1 aromatic heterocycles. The molecule has 1 aliphatic carbocycles. The molecule has 29 heavy (non-hydrogen) atoms. The van der Waals surface area contributed by atoms with Crippen LogP contribution in [0.25, 0.3) is 0 Å². The number of rotatable bonds is 9. The van der Waals surface area contributed by atoms with Crippen molar-refractivity contribution in [2.45, 2.75) is 58.1 Å². The van der Waals surface area contributed by atoms with E-state index in [1.54, 1.807) is 6.20 Å². The molecule has 0 aromatic carbocycles. The monoisotopic (exact) mass is 518 g/mol. The van der Waals surface area contributed by atoms with E-state index in [1.165, 1.54) is 12.8 Å². The minimum Gasteiger partial charge on any atom is -0.474 e. The minimum atomic E-state index is -0.0100. The number of aliphatic hydroxyl groups is 1. The zero-order valence-corrected chi connectivity index (χ0v) is 19.7. The summed E-state index contributed by atoms with van der Waals surface area (Å²) in [6.07, 6.45) is 8.54. The van der Waals surface area contributed by atoms with Gasteiger partial charge in [0.1, 0.15) is 6.10 Å². The smallest absolute Gasteiger partial charge is 0.213 e. The maximum absolute atomic E-state index is 9.39. The largest absolute Gasteiger partial charge is 0.474 e. The molecule has 8 heteroatoms. The number of hydrogen-bond donors (Lipinski definition) is 3. The van der Waals surface area contributed by atoms with Crippen molar-refractivity contribution in [1.29, 1.82) is 0 Å². The molecule has 0 bridgehead atoms. The van der Waals surface area contributed by atoms with Crippen LogP contribution in [0, 0.1) is 5.41 Å². The Kier molecular flexibility index (Phi) is 10.4. The second-order valence-electron chi connectivity index (χ2n) is 7.85. The number of nitrogens with one attached hydrogen (secondary N) is 2. The summed E-state index contributed by atoms with van der Waals surface area (Å²) in [5.74, 6) is 1.48. The lowest BCUT2D eigenvalue weighted by atomic mass is 9.84. The van der Waals surface area contributed by atoms with Crippen LogP contribution in [-0.2, 0) is 11.3 Å². The summed E-state index contributed by atoms with van der Waals surface area (Å²) in [4.78, 5) is 9.06. The number of halogens is 1. The van der Waals surface area contributed by atoms with Gasteiger partial charge in [0.25, 0.3) is 0 Å². The molecule has 164 valence electrons. The standard InChI is InChI=1S/C21H34N4O3.HI/c1-2-22-20(25-15-21(8-11-26)9-12-27-16-21)24-14-17-7-10-23-19(13-17)28-18-5-3-4-6-18;/h7,10,13,18,26H,2-6,8-9,11-12,14-16H2,1H3,(H2,22,24,25);1H. The highest BCUT2D eigenvalue weighted by Crippen LogP contribution is 2.31. The van der Waals surface area contributed by atoms with Gasteiger partial charge in [-0.1, -0.05) is 0 Å². The maximum atomic E-state index is 9.39. The molecule has 2 heterocycles. The molecule has 0 amide bonds. The molecule has 1 aromatic rings. The lowest BCUT2D eigenvalue weighted by molar-refractivity contribution is 0.127. The Morgan fingerprint density at radius 1 is 1.38 bits per heavy atom. The number of aromatic nitrogens is 1. The van der Waals surface area contributed by atoms with E-state index in [0.717, 1.165) is 56.9 Å². The summed E-state index contributed by atoms with van der Waals surface area (Å²) in [7, 11) is 0. The van der Waals surface area contributed by atoms with Gasteiger partial charge in [-0.05, 0) is 57.1 Å². The summed E-state index contributed by atoms with van der Waals surface area (Å²) >= 11 is 0. The van der Waals surface area contributed by atoms with Crippen LogP contribution in [0.2, 0.25) is 0 Å². The summed E-state index contributed by atoms with van der Waals surface area (Å²) in [6, 6.07) is 3.97. The Morgan fingerprint density at radius 3 is 2.90 bits per heavy atom. The third kappa shape index (κ3) is 7.57. The average Bonchev–Trinajstić information content (AvgIpc) is 3.37. The molecule has 3 N–H and O–H groups in total. The Hall–Kier alpha value is -1.13. The molecule has 2 aliphatic rings. The quantitative estimate of drug-likeness (QED) is 0.265. The molecule has 2 fully saturated rings. The summed E-state index contributed by atoms with van der Waals surface area (Å²) in [5, 5.41) is 16.1. The number of hydrogen-bond acceptors (Lipinski definition) is 5. The molecule has 1 unspecified atom stereocenters. The number of pyridine rings is 1. The normalized spacial score (nSPS) is 22.3. The van der Waals surface area contributed by atoms with Crippen LogP contribution in [0.1, 0.15) is 51.0 Å². The first-order valence-electron chi connectivity index (χ1n) is 10.6. The van der Waals surface area contributed by atoms with Crippen LogP contribution < -0.4 is 15.4 Å². The number of guanidine groups is 1. The van der Waals surface area contributed by atoms with E-state index in [4.69, 9.17) is 14.5 Å². The van der Waals surface area contributed by atoms with E-state index in [9.17, 15) is 5.11 Å². The lowest BCUT2D eigenvalue weighted by Gasteiger charge is -2.27. The van der Waals surface area contributed by atoms with Crippen LogP contribution >= 0.6 is 24.0 Å². The van der Waals surface area contributed by atoms with Crippen molar-refractivity contribution in [3.8, 4) is 5.88 Å². The van der Waals surface area contributed by atoms with Gasteiger partial charge in [-0.2, -0.15) is 0 Å². The molecule has 1 aliphatic heterocycles. The Labute approximate surface area is 191 Å². The number of ether oxygens (including phenoxy) is 2. The first-order valence-corrected chi connectivity index (χ1v) is 10.6. The molecular formula is C21H35IN4O3. The fourth-order valence-electron chi connectivity index (χ4n) is 3.89. The van der Waals surface area contributed by atoms with Crippen molar-refractivity contribution in [3.05, 3.63) is 23.9 Å². The fourth-order valence-corrected chi connectivity index (χ4v) is 3.89. The van der Waals surface area contributed by atoms with E-state index in [1.807, 2.05) is 12.1 Å². The van der Waals surface area contributed by atoms with E-state index in [0.29, 0.717) is 25.1 Å². The average molecular weight is 518 g/mol. The first-order chi connectivity index (χ1) is 13.7. The SMILES string of the molecule is CCNC(=NCc1ccnc(OC2CCCC2)c1)NCC1(CCO)CCOC1.I. The van der Waals surface area contributed by atoms with Gasteiger partial charge >= 0.3 is 0 Å². The van der Waals surface area contributed by atoms with Gasteiger partial charge in [0.05, 0.1) is 13.2 Å². The third-order valence-electron chi connectivity index (χ3n) is 5.61. The van der Waals surface area contributed by atoms with Crippen molar-refractivity contribution in [2.75, 3.05) is 32.9 Å². The van der Waals surface area contributed by atoms with Crippen molar-refractivity contribution in [2.24, 2.45) is 10.4 Å². The predicted molar refractivity (Wildman–Crippen MR) is 125 cm³/mol. The highest BCUT2D eigenvalue weighted by molar-refractivity contribution is 14.0. The van der Waals surface area contributed by atoms with Gasteiger partial charge in [0.15, 0.2) is 5.96 Å². The third-order valence-corrected chi connectivity index (χ3v) is 5.61. The highest BCUT2D eigenvalue weighted by atomic mass is 127. The Morgan fingerprint density at radius 2 is 2.21 bits per heavy atom. The van der Waals surface area contributed by atoms with Crippen LogP contribution in [-0.4, -0.2) is 55.1 Å². The number of aliphatic imine (C=N–C) groups is 1. The van der Waals surface area contributed by atoms with Crippen LogP contribution in [0.15, 0.2) is 23.3 Å². The van der Waals surface area contributed by atoms with Crippen LogP contribution in [0.4, 0.5) is 0 Å². The van der Waals surface area contributed by atoms with E-state index < -0.39 is 0 Å². The van der Waals surface area contributed by atoms with Gasteiger partial charge in [-0.25, -0.2) is 9.98 Å². The molecule has 0 radical (unpaired) electrons. The minimum absolute atomic E-state index is 0. The van der Waals surface area contributed by atoms with Crippen molar-refractivity contribution in [1.82, 2.24) is 15.6 Å². The Bertz CT molecular complexity index is 632. The van der Waals surface area contributed by atoms with Crippen LogP contribution in [0.5, 0.6) is 5.88 Å². The van der Waals surface area contributed by atoms with Crippen LogP contribution in [0.3, 0.4) is 0 Å². The fraction of sp³-hybridized carbons (Fsp3) is 0.714. The number of aliphatic hydroxyl groups excluding tert-OH is 1. The topological polar surface area (TPSA) is 88.0 Å². The predicted octanol–water partition coefficient (Wildman–Crippen LogP) is 2.87. The van der Waals surface area contributed by atoms with Gasteiger partial charge < -0.3 is 25.2 Å². The molecule has 1 saturated carbocycles. The molecule has 7 nitrogen and oxygen atoms in total. The molecule has 3 rings (SSSR count). The molecular weight excluding hydrogens is 483 g/mol. The summed E-state index contributed by atoms with van der Waals surface area (Å²) in [5.41, 5.74) is 1.07. The van der Waals surface area contributed by atoms with Gasteiger partial charge in [0.2, 0.25) is 5.88 Å². The zero-order chi connectivity index (χ0) is 19.7. The maximum Gasteiger partial charge on any atom is 0.213 e. The Balaban J connectivity index is 0.00000300. The second-order valence-corrected chi connectivity index (χ2v) is 7.85. The van der Waals surface area contributed by atoms with Gasteiger partial charge in [0, 0.05) is 44.0 Å². The molecule has 1 atom stereocenters. The van der Waals surface area contributed by atoms with E-state index in [-0.39, 0.29) is 36.0 Å². The van der Waals surface area contributed by atoms with Crippen molar-refractivity contribution >= 4 is 29.9 Å². The summed E-state index contributed by atoms with van der Waals surface area (Å²) in [6.45, 7) is 5.77. The van der Waals surface area contributed by atoms with Crippen molar-refractivity contribution in [3.63, 3.8) is 0 Å². The molecule has 0 spiro atoms. The van der Waals surface area contributed by atoms with E-state index in [2.05, 4.69) is 22.5 Å². The van der Waals surface area contributed by atoms with Gasteiger partial charge in [-0.3, -0.25) is 0 Å². The highest BCUT2D eigenvalue weighted by Gasteiger charge is 2.34. The van der Waals surface area contributed by atoms with E-state index >= 15 is 0 Å². The number of nitrogens with zero attached hydrogens (tertiary/aromatic N) is 2. The lowest BCUT2D eigenvalue weighted by Crippen LogP contribution is -2.44. The summed E-state index contributed by atoms with van der Waals surface area (Å²) < 4.78 is 11.6. The molecule has 1 saturated heterocycles. The van der Waals surface area contributed by atoms with Crippen molar-refractivity contribution < 1.29 is 14.6 Å². The second kappa shape index (κ2) is 12.5.